The molecule has 0 aromatic carbocycles. The first-order valence-corrected chi connectivity index (χ1v) is 4.42. The molecule has 1 aliphatic rings. The van der Waals surface area contributed by atoms with E-state index in [1.54, 1.807) is 11.0 Å². The SMILES string of the molecule is Cn1cnc(CCNC2CC2)n1. The lowest BCUT2D eigenvalue weighted by molar-refractivity contribution is 0.657. The van der Waals surface area contributed by atoms with Crippen LogP contribution in [0.2, 0.25) is 0 Å². The van der Waals surface area contributed by atoms with Gasteiger partial charge in [-0.1, -0.05) is 0 Å². The minimum absolute atomic E-state index is 0.786. The van der Waals surface area contributed by atoms with Crippen molar-refractivity contribution in [2.45, 2.75) is 25.3 Å². The molecule has 0 radical (unpaired) electrons. The summed E-state index contributed by atoms with van der Waals surface area (Å²) in [7, 11) is 1.89. The molecule has 4 nitrogen and oxygen atoms in total. The summed E-state index contributed by atoms with van der Waals surface area (Å²) < 4.78 is 1.74. The minimum atomic E-state index is 0.786. The van der Waals surface area contributed by atoms with Gasteiger partial charge in [0.2, 0.25) is 0 Å². The fourth-order valence-electron chi connectivity index (χ4n) is 1.17. The molecule has 1 N–H and O–H groups in total. The fraction of sp³-hybridized carbons (Fsp3) is 0.750. The molecule has 0 spiro atoms. The second kappa shape index (κ2) is 3.23. The third kappa shape index (κ3) is 2.04. The minimum Gasteiger partial charge on any atom is -0.314 e. The Bertz CT molecular complexity index is 251. The van der Waals surface area contributed by atoms with Gasteiger partial charge in [0.1, 0.15) is 6.33 Å². The predicted molar refractivity (Wildman–Crippen MR) is 45.7 cm³/mol. The Morgan fingerprint density at radius 2 is 2.50 bits per heavy atom. The number of hydrogen-bond donors (Lipinski definition) is 1. The highest BCUT2D eigenvalue weighted by atomic mass is 15.3. The van der Waals surface area contributed by atoms with Crippen LogP contribution in [0.1, 0.15) is 18.7 Å². The van der Waals surface area contributed by atoms with Crippen LogP contribution in [-0.2, 0) is 13.5 Å². The van der Waals surface area contributed by atoms with Crippen LogP contribution in [0.25, 0.3) is 0 Å². The molecule has 1 aromatic rings. The summed E-state index contributed by atoms with van der Waals surface area (Å²) in [5, 5.41) is 7.62. The van der Waals surface area contributed by atoms with Crippen LogP contribution in [0, 0.1) is 0 Å². The normalized spacial score (nSPS) is 16.8. The molecular weight excluding hydrogens is 152 g/mol. The summed E-state index contributed by atoms with van der Waals surface area (Å²) in [5.74, 6) is 0.936. The maximum atomic E-state index is 4.19. The lowest BCUT2D eigenvalue weighted by Gasteiger charge is -1.97. The van der Waals surface area contributed by atoms with E-state index >= 15 is 0 Å². The van der Waals surface area contributed by atoms with E-state index in [-0.39, 0.29) is 0 Å². The van der Waals surface area contributed by atoms with E-state index in [2.05, 4.69) is 15.4 Å². The van der Waals surface area contributed by atoms with Gasteiger partial charge in [-0.15, -0.1) is 0 Å². The Morgan fingerprint density at radius 3 is 3.08 bits per heavy atom. The molecule has 1 aliphatic carbocycles. The van der Waals surface area contributed by atoms with Crippen molar-refractivity contribution in [3.63, 3.8) is 0 Å². The van der Waals surface area contributed by atoms with Crippen molar-refractivity contribution in [1.82, 2.24) is 20.1 Å². The van der Waals surface area contributed by atoms with Gasteiger partial charge in [0.05, 0.1) is 0 Å². The molecule has 1 fully saturated rings. The lowest BCUT2D eigenvalue weighted by Crippen LogP contribution is -2.19. The molecule has 1 saturated carbocycles. The Morgan fingerprint density at radius 1 is 1.67 bits per heavy atom. The highest BCUT2D eigenvalue weighted by Crippen LogP contribution is 2.18. The molecule has 0 amide bonds. The first-order chi connectivity index (χ1) is 5.84. The smallest absolute Gasteiger partial charge is 0.151 e. The third-order valence-corrected chi connectivity index (χ3v) is 2.01. The van der Waals surface area contributed by atoms with Gasteiger partial charge in [-0.25, -0.2) is 4.98 Å². The van der Waals surface area contributed by atoms with Crippen molar-refractivity contribution in [3.05, 3.63) is 12.2 Å². The number of rotatable bonds is 4. The Hall–Kier alpha value is -0.900. The highest BCUT2D eigenvalue weighted by Gasteiger charge is 2.19. The first kappa shape index (κ1) is 7.73. The average molecular weight is 166 g/mol. The number of aromatic nitrogens is 3. The van der Waals surface area contributed by atoms with Crippen LogP contribution < -0.4 is 5.32 Å². The number of aryl methyl sites for hydroxylation is 1. The van der Waals surface area contributed by atoms with Gasteiger partial charge < -0.3 is 5.32 Å². The van der Waals surface area contributed by atoms with E-state index in [9.17, 15) is 0 Å². The van der Waals surface area contributed by atoms with E-state index < -0.39 is 0 Å². The van der Waals surface area contributed by atoms with E-state index in [1.807, 2.05) is 7.05 Å². The van der Waals surface area contributed by atoms with Crippen LogP contribution in [0.5, 0.6) is 0 Å². The van der Waals surface area contributed by atoms with Crippen molar-refractivity contribution in [2.75, 3.05) is 6.54 Å². The molecule has 1 aromatic heterocycles. The van der Waals surface area contributed by atoms with Crippen LogP contribution >= 0.6 is 0 Å². The van der Waals surface area contributed by atoms with Crippen molar-refractivity contribution in [3.8, 4) is 0 Å². The molecule has 12 heavy (non-hydrogen) atoms. The zero-order valence-corrected chi connectivity index (χ0v) is 7.32. The molecule has 0 atom stereocenters. The second-order valence-electron chi connectivity index (χ2n) is 3.31. The van der Waals surface area contributed by atoms with E-state index in [0.29, 0.717) is 0 Å². The zero-order valence-electron chi connectivity index (χ0n) is 7.32. The van der Waals surface area contributed by atoms with Crippen LogP contribution in [0.15, 0.2) is 6.33 Å². The third-order valence-electron chi connectivity index (χ3n) is 2.01. The molecule has 0 unspecified atom stereocenters. The second-order valence-corrected chi connectivity index (χ2v) is 3.31. The summed E-state index contributed by atoms with van der Waals surface area (Å²) >= 11 is 0. The van der Waals surface area contributed by atoms with Gasteiger partial charge in [-0.05, 0) is 12.8 Å². The largest absolute Gasteiger partial charge is 0.314 e. The number of nitrogens with one attached hydrogen (secondary N) is 1. The maximum Gasteiger partial charge on any atom is 0.151 e. The van der Waals surface area contributed by atoms with Gasteiger partial charge in [0, 0.05) is 26.1 Å². The Kier molecular flexibility index (Phi) is 2.08. The molecule has 0 saturated heterocycles. The first-order valence-electron chi connectivity index (χ1n) is 4.42. The summed E-state index contributed by atoms with van der Waals surface area (Å²) in [5.41, 5.74) is 0. The van der Waals surface area contributed by atoms with Gasteiger partial charge in [0.15, 0.2) is 5.82 Å². The fourth-order valence-corrected chi connectivity index (χ4v) is 1.17. The molecule has 0 bridgehead atoms. The quantitative estimate of drug-likeness (QED) is 0.690. The molecule has 4 heteroatoms. The molecular formula is C8H14N4. The summed E-state index contributed by atoms with van der Waals surface area (Å²) in [6, 6.07) is 0.786. The molecule has 0 aliphatic heterocycles. The van der Waals surface area contributed by atoms with E-state index in [0.717, 1.165) is 24.8 Å². The summed E-state index contributed by atoms with van der Waals surface area (Å²) in [4.78, 5) is 4.14. The van der Waals surface area contributed by atoms with E-state index in [1.165, 1.54) is 12.8 Å². The topological polar surface area (TPSA) is 42.7 Å². The Balaban J connectivity index is 1.71. The number of nitrogens with zero attached hydrogens (tertiary/aromatic N) is 3. The van der Waals surface area contributed by atoms with Crippen molar-refractivity contribution in [2.24, 2.45) is 7.05 Å². The van der Waals surface area contributed by atoms with Gasteiger partial charge in [-0.3, -0.25) is 4.68 Å². The highest BCUT2D eigenvalue weighted by molar-refractivity contribution is 4.85. The van der Waals surface area contributed by atoms with E-state index in [4.69, 9.17) is 0 Å². The summed E-state index contributed by atoms with van der Waals surface area (Å²) in [6.07, 6.45) is 5.37. The predicted octanol–water partition coefficient (Wildman–Crippen LogP) is 0.110. The monoisotopic (exact) mass is 166 g/mol. The van der Waals surface area contributed by atoms with Crippen LogP contribution in [0.3, 0.4) is 0 Å². The number of hydrogen-bond acceptors (Lipinski definition) is 3. The average Bonchev–Trinajstić information content (AvgIpc) is 2.76. The standard InChI is InChI=1S/C8H14N4/c1-12-6-10-8(11-12)4-5-9-7-2-3-7/h6-7,9H,2-5H2,1H3. The Labute approximate surface area is 72.0 Å². The van der Waals surface area contributed by atoms with Gasteiger partial charge in [-0.2, -0.15) is 5.10 Å². The molecule has 2 rings (SSSR count). The van der Waals surface area contributed by atoms with Crippen LogP contribution in [0.4, 0.5) is 0 Å². The van der Waals surface area contributed by atoms with Crippen LogP contribution in [-0.4, -0.2) is 27.4 Å². The maximum absolute atomic E-state index is 4.19. The van der Waals surface area contributed by atoms with Crippen molar-refractivity contribution >= 4 is 0 Å². The lowest BCUT2D eigenvalue weighted by atomic mass is 10.4. The molecule has 1 heterocycles. The summed E-state index contributed by atoms with van der Waals surface area (Å²) in [6.45, 7) is 1.01. The van der Waals surface area contributed by atoms with Gasteiger partial charge >= 0.3 is 0 Å². The van der Waals surface area contributed by atoms with Crippen molar-refractivity contribution in [1.29, 1.82) is 0 Å². The zero-order chi connectivity index (χ0) is 8.39. The van der Waals surface area contributed by atoms with Crippen molar-refractivity contribution < 1.29 is 0 Å². The van der Waals surface area contributed by atoms with Gasteiger partial charge in [0.25, 0.3) is 0 Å². The molecule has 66 valence electrons.